The van der Waals surface area contributed by atoms with E-state index in [0.717, 1.165) is 4.57 Å². The Morgan fingerprint density at radius 2 is 2.13 bits per heavy atom. The Morgan fingerprint density at radius 1 is 1.39 bits per heavy atom. The average Bonchev–Trinajstić information content (AvgIpc) is 2.47. The van der Waals surface area contributed by atoms with Gasteiger partial charge in [0.25, 0.3) is 6.43 Å². The molecule has 1 heterocycles. The van der Waals surface area contributed by atoms with Crippen LogP contribution in [0.3, 0.4) is 0 Å². The van der Waals surface area contributed by atoms with Gasteiger partial charge in [-0.3, -0.25) is 4.79 Å². The van der Waals surface area contributed by atoms with Crippen molar-refractivity contribution in [3.63, 3.8) is 0 Å². The van der Waals surface area contributed by atoms with E-state index in [2.05, 4.69) is 28.6 Å². The Bertz CT molecular complexity index is 734. The maximum Gasteiger partial charge on any atom is 0.256 e. The molecule has 0 amide bonds. The van der Waals surface area contributed by atoms with Crippen molar-refractivity contribution in [2.24, 2.45) is 0 Å². The molecule has 119 valence electrons. The molecule has 0 spiro atoms. The van der Waals surface area contributed by atoms with Crippen molar-refractivity contribution in [2.45, 2.75) is 13.0 Å². The fourth-order valence-corrected chi connectivity index (χ4v) is 2.49. The summed E-state index contributed by atoms with van der Waals surface area (Å²) in [6.07, 6.45) is -1.01. The Morgan fingerprint density at radius 3 is 2.74 bits per heavy atom. The smallest absolute Gasteiger partial charge is 0.256 e. The number of alkyl halides is 2. The quantitative estimate of drug-likeness (QED) is 0.486. The third-order valence-electron chi connectivity index (χ3n) is 2.87. The molecule has 0 saturated heterocycles. The minimum atomic E-state index is -2.62. The number of pyridine rings is 1. The topological polar surface area (TPSA) is 31.2 Å². The van der Waals surface area contributed by atoms with Crippen LogP contribution in [0.15, 0.2) is 52.3 Å². The molecule has 1 aromatic heterocycles. The number of ether oxygens (including phenoxy) is 1. The molecule has 0 atom stereocenters. The molecule has 0 aliphatic heterocycles. The summed E-state index contributed by atoms with van der Waals surface area (Å²) in [4.78, 5) is 11.8. The zero-order chi connectivity index (χ0) is 16.1. The van der Waals surface area contributed by atoms with Gasteiger partial charge >= 0.3 is 0 Å². The van der Waals surface area contributed by atoms with E-state index in [1.165, 1.54) is 12.1 Å². The Labute approximate surface area is 166 Å². The molecular formula is C16H13BrF2NO2Y-. The van der Waals surface area contributed by atoms with Crippen LogP contribution in [-0.2, 0) is 39.3 Å². The zero-order valence-corrected chi connectivity index (χ0v) is 16.6. The minimum absolute atomic E-state index is 0. The van der Waals surface area contributed by atoms with Crippen molar-refractivity contribution < 1.29 is 46.2 Å². The van der Waals surface area contributed by atoms with Gasteiger partial charge in [0.15, 0.2) is 5.56 Å². The zero-order valence-electron chi connectivity index (χ0n) is 12.1. The number of aromatic nitrogens is 1. The van der Waals surface area contributed by atoms with Crippen molar-refractivity contribution in [1.29, 1.82) is 0 Å². The molecule has 0 fully saturated rings. The molecule has 1 aromatic carbocycles. The van der Waals surface area contributed by atoms with Crippen LogP contribution in [0, 0.1) is 6.07 Å². The fraction of sp³-hybridized carbons (Fsp3) is 0.188. The molecule has 2 rings (SSSR count). The summed E-state index contributed by atoms with van der Waals surface area (Å²) >= 11 is 3.37. The Hall–Kier alpha value is -0.846. The van der Waals surface area contributed by atoms with Crippen molar-refractivity contribution in [2.75, 3.05) is 6.61 Å². The van der Waals surface area contributed by atoms with Crippen LogP contribution in [0.1, 0.15) is 0 Å². The predicted octanol–water partition coefficient (Wildman–Crippen LogP) is 3.91. The largest absolute Gasteiger partial charge is 0.490 e. The third kappa shape index (κ3) is 5.33. The third-order valence-corrected chi connectivity index (χ3v) is 3.52. The van der Waals surface area contributed by atoms with Gasteiger partial charge in [0.2, 0.25) is 0 Å². The standard InChI is InChI=1S/C16H13BrF2NO2.Y/c1-2-8-22-11-6-7-12(13(17)9-11)14-4-3-5-16(21)20(14)10-15(18)19;/h2-3,5-7,9,15H,1,8,10H2;/q-1;. The molecule has 0 aliphatic carbocycles. The van der Waals surface area contributed by atoms with Crippen LogP contribution in [-0.4, -0.2) is 17.6 Å². The molecule has 23 heavy (non-hydrogen) atoms. The first kappa shape index (κ1) is 20.2. The van der Waals surface area contributed by atoms with E-state index in [1.54, 1.807) is 24.3 Å². The van der Waals surface area contributed by atoms with Gasteiger partial charge in [0.05, 0.1) is 6.54 Å². The van der Waals surface area contributed by atoms with E-state index >= 15 is 0 Å². The van der Waals surface area contributed by atoms with Crippen LogP contribution >= 0.6 is 15.9 Å². The first-order valence-corrected chi connectivity index (χ1v) is 7.25. The molecule has 3 nitrogen and oxygen atoms in total. The average molecular weight is 458 g/mol. The van der Waals surface area contributed by atoms with E-state index in [-0.39, 0.29) is 32.7 Å². The molecule has 0 unspecified atom stereocenters. The second kappa shape index (κ2) is 9.45. The normalized spacial score (nSPS) is 10.3. The summed E-state index contributed by atoms with van der Waals surface area (Å²) in [6, 6.07) is 10.6. The maximum absolute atomic E-state index is 12.7. The fourth-order valence-electron chi connectivity index (χ4n) is 1.95. The second-order valence-corrected chi connectivity index (χ2v) is 5.26. The number of rotatable bonds is 6. The molecule has 1 radical (unpaired) electrons. The first-order chi connectivity index (χ1) is 10.5. The number of nitrogens with zero attached hydrogens (tertiary/aromatic N) is 1. The SMILES string of the molecule is C=CCOc1ccc(-c2[c-]ccc(=O)n2CC(F)F)c(Br)c1.[Y]. The summed E-state index contributed by atoms with van der Waals surface area (Å²) in [5, 5.41) is 0. The van der Waals surface area contributed by atoms with Crippen molar-refractivity contribution in [3.05, 3.63) is 63.9 Å². The summed E-state index contributed by atoms with van der Waals surface area (Å²) in [6.45, 7) is 3.25. The molecule has 0 N–H and O–H groups in total. The van der Waals surface area contributed by atoms with E-state index in [1.807, 2.05) is 0 Å². The Balaban J connectivity index is 0.00000264. The molecular weight excluding hydrogens is 445 g/mol. The van der Waals surface area contributed by atoms with Crippen molar-refractivity contribution in [1.82, 2.24) is 4.57 Å². The van der Waals surface area contributed by atoms with Gasteiger partial charge in [-0.25, -0.2) is 8.78 Å². The van der Waals surface area contributed by atoms with Crippen molar-refractivity contribution in [3.8, 4) is 17.0 Å². The number of hydrogen-bond acceptors (Lipinski definition) is 2. The van der Waals surface area contributed by atoms with Crippen LogP contribution in [0.25, 0.3) is 11.3 Å². The van der Waals surface area contributed by atoms with Crippen LogP contribution in [0.5, 0.6) is 5.75 Å². The van der Waals surface area contributed by atoms with Gasteiger partial charge in [-0.1, -0.05) is 45.9 Å². The molecule has 0 aliphatic rings. The molecule has 0 bridgehead atoms. The summed E-state index contributed by atoms with van der Waals surface area (Å²) in [7, 11) is 0. The van der Waals surface area contributed by atoms with Gasteiger partial charge in [-0.15, -0.1) is 6.07 Å². The van der Waals surface area contributed by atoms with Crippen LogP contribution in [0.2, 0.25) is 0 Å². The summed E-state index contributed by atoms with van der Waals surface area (Å²) < 4.78 is 32.4. The van der Waals surface area contributed by atoms with Crippen LogP contribution < -0.4 is 10.3 Å². The molecule has 0 saturated carbocycles. The minimum Gasteiger partial charge on any atom is -0.490 e. The number of halogens is 3. The van der Waals surface area contributed by atoms with Gasteiger partial charge in [-0.05, 0) is 16.6 Å². The van der Waals surface area contributed by atoms with Gasteiger partial charge in [-0.2, -0.15) is 12.1 Å². The van der Waals surface area contributed by atoms with Gasteiger partial charge in [0, 0.05) is 32.7 Å². The molecule has 7 heteroatoms. The van der Waals surface area contributed by atoms with Gasteiger partial charge < -0.3 is 9.30 Å². The number of benzene rings is 1. The van der Waals surface area contributed by atoms with E-state index < -0.39 is 18.5 Å². The maximum atomic E-state index is 12.7. The number of hydrogen-bond donors (Lipinski definition) is 0. The first-order valence-electron chi connectivity index (χ1n) is 6.46. The van der Waals surface area contributed by atoms with E-state index in [4.69, 9.17) is 4.74 Å². The summed E-state index contributed by atoms with van der Waals surface area (Å²) in [5.74, 6) is 0.606. The second-order valence-electron chi connectivity index (χ2n) is 4.41. The van der Waals surface area contributed by atoms with Gasteiger partial charge in [0.1, 0.15) is 12.4 Å². The van der Waals surface area contributed by atoms with Crippen LogP contribution in [0.4, 0.5) is 8.78 Å². The van der Waals surface area contributed by atoms with Crippen molar-refractivity contribution >= 4 is 15.9 Å². The molecule has 2 aromatic rings. The Kier molecular flexibility index (Phi) is 8.30. The monoisotopic (exact) mass is 457 g/mol. The summed E-state index contributed by atoms with van der Waals surface area (Å²) in [5.41, 5.74) is 0.396. The van der Waals surface area contributed by atoms with E-state index in [9.17, 15) is 13.6 Å². The predicted molar refractivity (Wildman–Crippen MR) is 84.4 cm³/mol. The van der Waals surface area contributed by atoms with E-state index in [0.29, 0.717) is 28.1 Å².